The van der Waals surface area contributed by atoms with Crippen LogP contribution in [0.25, 0.3) is 6.08 Å². The zero-order valence-corrected chi connectivity index (χ0v) is 17.2. The Hall–Kier alpha value is -3.39. The summed E-state index contributed by atoms with van der Waals surface area (Å²) in [5, 5.41) is 15.5. The molecule has 5 rings (SSSR count). The number of amidine groups is 2. The highest BCUT2D eigenvalue weighted by Gasteiger charge is 2.36. The first-order valence-corrected chi connectivity index (χ1v) is 10.3. The van der Waals surface area contributed by atoms with Crippen molar-refractivity contribution in [3.8, 4) is 11.5 Å². The van der Waals surface area contributed by atoms with Crippen molar-refractivity contribution in [2.24, 2.45) is 10.1 Å². The summed E-state index contributed by atoms with van der Waals surface area (Å²) < 4.78 is 10.8. The molecule has 1 amide bonds. The number of rotatable bonds is 3. The molecular weight excluding hydrogens is 400 g/mol. The largest absolute Gasteiger partial charge is 0.454 e. The molecule has 0 unspecified atom stereocenters. The Bertz CT molecular complexity index is 1170. The van der Waals surface area contributed by atoms with Gasteiger partial charge in [0.05, 0.1) is 5.57 Å². The molecule has 0 atom stereocenters. The molecule has 0 radical (unpaired) electrons. The molecule has 8 heteroatoms. The second kappa shape index (κ2) is 7.14. The summed E-state index contributed by atoms with van der Waals surface area (Å²) in [4.78, 5) is 16.8. The number of benzene rings is 2. The zero-order chi connectivity index (χ0) is 20.8. The fourth-order valence-electron chi connectivity index (χ4n) is 3.28. The molecule has 0 spiro atoms. The van der Waals surface area contributed by atoms with Crippen molar-refractivity contribution < 1.29 is 14.3 Å². The highest BCUT2D eigenvalue weighted by atomic mass is 32.2. The standard InChI is InChI=1S/C22H18N4O3S/c1-12(2)14-5-3-13(4-6-14)9-16-19(23)26-22(24-20(16)27)30-21(25-26)15-7-8-17-18(10-15)29-11-28-17/h3-10,12,23H,11H2,1-2H3/b16-9+,23-19?. The molecule has 0 aromatic heterocycles. The van der Waals surface area contributed by atoms with E-state index in [4.69, 9.17) is 14.9 Å². The molecule has 7 nitrogen and oxygen atoms in total. The summed E-state index contributed by atoms with van der Waals surface area (Å²) in [7, 11) is 0. The smallest absolute Gasteiger partial charge is 0.283 e. The third-order valence-electron chi connectivity index (χ3n) is 4.99. The summed E-state index contributed by atoms with van der Waals surface area (Å²) in [6, 6.07) is 13.5. The minimum Gasteiger partial charge on any atom is -0.454 e. The van der Waals surface area contributed by atoms with E-state index in [1.165, 1.54) is 22.3 Å². The van der Waals surface area contributed by atoms with Crippen LogP contribution in [0.2, 0.25) is 0 Å². The lowest BCUT2D eigenvalue weighted by Crippen LogP contribution is -2.35. The van der Waals surface area contributed by atoms with Gasteiger partial charge in [-0.05, 0) is 53.1 Å². The third-order valence-corrected chi connectivity index (χ3v) is 5.95. The van der Waals surface area contributed by atoms with E-state index in [0.717, 1.165) is 11.1 Å². The van der Waals surface area contributed by atoms with Gasteiger partial charge in [0.1, 0.15) is 5.04 Å². The summed E-state index contributed by atoms with van der Waals surface area (Å²) in [5.74, 6) is 1.35. The van der Waals surface area contributed by atoms with E-state index < -0.39 is 5.91 Å². The fraction of sp³-hybridized carbons (Fsp3) is 0.182. The Balaban J connectivity index is 1.44. The molecule has 3 heterocycles. The summed E-state index contributed by atoms with van der Waals surface area (Å²) in [5.41, 5.74) is 3.10. The first-order valence-electron chi connectivity index (χ1n) is 9.50. The number of hydrogen-bond donors (Lipinski definition) is 1. The van der Waals surface area contributed by atoms with E-state index in [9.17, 15) is 4.79 Å². The predicted octanol–water partition coefficient (Wildman–Crippen LogP) is 4.21. The molecule has 0 bridgehead atoms. The van der Waals surface area contributed by atoms with Gasteiger partial charge in [-0.15, -0.1) is 0 Å². The summed E-state index contributed by atoms with van der Waals surface area (Å²) >= 11 is 1.25. The van der Waals surface area contributed by atoms with Crippen LogP contribution in [0.4, 0.5) is 0 Å². The number of carbonyl (C=O) groups excluding carboxylic acids is 1. The van der Waals surface area contributed by atoms with Gasteiger partial charge >= 0.3 is 0 Å². The van der Waals surface area contributed by atoms with E-state index in [0.29, 0.717) is 27.6 Å². The van der Waals surface area contributed by atoms with Gasteiger partial charge in [-0.1, -0.05) is 38.1 Å². The molecule has 0 saturated heterocycles. The van der Waals surface area contributed by atoms with Crippen LogP contribution in [0.5, 0.6) is 11.5 Å². The number of ether oxygens (including phenoxy) is 2. The van der Waals surface area contributed by atoms with Gasteiger partial charge in [0, 0.05) is 5.56 Å². The Labute approximate surface area is 177 Å². The maximum atomic E-state index is 12.6. The molecule has 0 fully saturated rings. The molecular formula is C22H18N4O3S. The van der Waals surface area contributed by atoms with E-state index in [-0.39, 0.29) is 18.2 Å². The molecule has 3 aliphatic heterocycles. The molecule has 150 valence electrons. The number of amides is 1. The van der Waals surface area contributed by atoms with Crippen LogP contribution in [-0.2, 0) is 4.79 Å². The quantitative estimate of drug-likeness (QED) is 0.755. The summed E-state index contributed by atoms with van der Waals surface area (Å²) in [6.07, 6.45) is 1.69. The predicted molar refractivity (Wildman–Crippen MR) is 117 cm³/mol. The Kier molecular flexibility index (Phi) is 4.43. The van der Waals surface area contributed by atoms with Crippen LogP contribution in [0.3, 0.4) is 0 Å². The SMILES string of the molecule is CC(C)c1ccc(/C=C2\C(=N)N3N=C(c4ccc5c(c4)OCO5)SC3=NC2=O)cc1. The average Bonchev–Trinajstić information content (AvgIpc) is 3.37. The van der Waals surface area contributed by atoms with E-state index >= 15 is 0 Å². The van der Waals surface area contributed by atoms with Crippen molar-refractivity contribution >= 4 is 39.8 Å². The molecule has 2 aromatic rings. The van der Waals surface area contributed by atoms with Gasteiger partial charge < -0.3 is 9.47 Å². The number of nitrogens with zero attached hydrogens (tertiary/aromatic N) is 3. The Morgan fingerprint density at radius 1 is 1.13 bits per heavy atom. The molecule has 30 heavy (non-hydrogen) atoms. The highest BCUT2D eigenvalue weighted by molar-refractivity contribution is 8.27. The summed E-state index contributed by atoms with van der Waals surface area (Å²) in [6.45, 7) is 4.46. The van der Waals surface area contributed by atoms with E-state index in [1.54, 1.807) is 6.08 Å². The third kappa shape index (κ3) is 3.19. The topological polar surface area (TPSA) is 87.3 Å². The van der Waals surface area contributed by atoms with Gasteiger partial charge in [-0.25, -0.2) is 0 Å². The van der Waals surface area contributed by atoms with Crippen LogP contribution in [0.1, 0.15) is 36.5 Å². The second-order valence-corrected chi connectivity index (χ2v) is 8.27. The monoisotopic (exact) mass is 418 g/mol. The molecule has 3 aliphatic rings. The lowest BCUT2D eigenvalue weighted by Gasteiger charge is -2.20. The maximum Gasteiger partial charge on any atom is 0.283 e. The number of nitrogens with one attached hydrogen (secondary N) is 1. The second-order valence-electron chi connectivity index (χ2n) is 7.31. The normalized spacial score (nSPS) is 18.8. The lowest BCUT2D eigenvalue weighted by molar-refractivity contribution is -0.114. The van der Waals surface area contributed by atoms with Crippen LogP contribution >= 0.6 is 11.8 Å². The first kappa shape index (κ1) is 18.6. The van der Waals surface area contributed by atoms with Gasteiger partial charge in [0.25, 0.3) is 5.91 Å². The number of aliphatic imine (C=N–C) groups is 1. The molecule has 0 saturated carbocycles. The van der Waals surface area contributed by atoms with Gasteiger partial charge in [-0.2, -0.15) is 15.1 Å². The zero-order valence-electron chi connectivity index (χ0n) is 16.4. The van der Waals surface area contributed by atoms with Crippen LogP contribution in [-0.4, -0.2) is 33.8 Å². The van der Waals surface area contributed by atoms with Crippen molar-refractivity contribution in [3.63, 3.8) is 0 Å². The fourth-order valence-corrected chi connectivity index (χ4v) is 4.17. The van der Waals surface area contributed by atoms with E-state index in [2.05, 4.69) is 23.9 Å². The Morgan fingerprint density at radius 3 is 2.67 bits per heavy atom. The number of hydrogen-bond acceptors (Lipinski definition) is 6. The Morgan fingerprint density at radius 2 is 1.90 bits per heavy atom. The molecule has 2 aromatic carbocycles. The van der Waals surface area contributed by atoms with Gasteiger partial charge in [0.2, 0.25) is 12.0 Å². The number of thioether (sulfide) groups is 1. The van der Waals surface area contributed by atoms with Crippen LogP contribution in [0.15, 0.2) is 58.1 Å². The molecule has 0 aliphatic carbocycles. The number of carbonyl (C=O) groups is 1. The lowest BCUT2D eigenvalue weighted by atomic mass is 10.0. The van der Waals surface area contributed by atoms with Gasteiger partial charge in [-0.3, -0.25) is 10.2 Å². The van der Waals surface area contributed by atoms with Crippen LogP contribution < -0.4 is 9.47 Å². The van der Waals surface area contributed by atoms with Crippen molar-refractivity contribution in [3.05, 3.63) is 64.7 Å². The average molecular weight is 418 g/mol. The minimum absolute atomic E-state index is 0.0150. The number of hydrazone groups is 1. The van der Waals surface area contributed by atoms with E-state index in [1.807, 2.05) is 42.5 Å². The van der Waals surface area contributed by atoms with Crippen LogP contribution in [0, 0.1) is 5.41 Å². The molecule has 1 N–H and O–H groups in total. The maximum absolute atomic E-state index is 12.6. The first-order chi connectivity index (χ1) is 14.5. The van der Waals surface area contributed by atoms with Crippen molar-refractivity contribution in [1.29, 1.82) is 5.41 Å². The van der Waals surface area contributed by atoms with Crippen molar-refractivity contribution in [2.45, 2.75) is 19.8 Å². The number of fused-ring (bicyclic) bond motifs is 2. The van der Waals surface area contributed by atoms with Crippen molar-refractivity contribution in [1.82, 2.24) is 5.01 Å². The van der Waals surface area contributed by atoms with Gasteiger partial charge in [0.15, 0.2) is 17.3 Å². The minimum atomic E-state index is -0.436. The van der Waals surface area contributed by atoms with Crippen molar-refractivity contribution in [2.75, 3.05) is 6.79 Å². The highest BCUT2D eigenvalue weighted by Crippen LogP contribution is 2.36.